The smallest absolute Gasteiger partial charge is 0.266 e. The predicted octanol–water partition coefficient (Wildman–Crippen LogP) is 3.70. The van der Waals surface area contributed by atoms with Gasteiger partial charge in [0.05, 0.1) is 17.1 Å². The van der Waals surface area contributed by atoms with Crippen LogP contribution in [0.5, 0.6) is 0 Å². The fraction of sp³-hybridized carbons (Fsp3) is 0.0909. The molecule has 4 rings (SSSR count). The number of hydrogen-bond acceptors (Lipinski definition) is 4. The molecule has 0 saturated carbocycles. The van der Waals surface area contributed by atoms with Crippen molar-refractivity contribution in [2.24, 2.45) is 0 Å². The van der Waals surface area contributed by atoms with Gasteiger partial charge in [0.15, 0.2) is 0 Å². The van der Waals surface area contributed by atoms with Crippen molar-refractivity contribution in [3.63, 3.8) is 0 Å². The normalized spacial score (nSPS) is 11.6. The van der Waals surface area contributed by atoms with Crippen LogP contribution >= 0.6 is 11.6 Å². The average molecular weight is 440 g/mol. The lowest BCUT2D eigenvalue weighted by molar-refractivity contribution is 0.549. The van der Waals surface area contributed by atoms with Crippen LogP contribution in [0.3, 0.4) is 0 Å². The molecule has 0 radical (unpaired) electrons. The van der Waals surface area contributed by atoms with E-state index in [4.69, 9.17) is 11.6 Å². The summed E-state index contributed by atoms with van der Waals surface area (Å²) in [5, 5.41) is 6.74. The van der Waals surface area contributed by atoms with E-state index in [1.54, 1.807) is 36.4 Å². The van der Waals surface area contributed by atoms with E-state index in [1.165, 1.54) is 10.7 Å². The summed E-state index contributed by atoms with van der Waals surface area (Å²) in [7, 11) is -3.71. The Labute approximate surface area is 178 Å². The lowest BCUT2D eigenvalue weighted by atomic mass is 10.1. The number of rotatable bonds is 6. The Morgan fingerprint density at radius 2 is 1.63 bits per heavy atom. The Morgan fingerprint density at radius 1 is 0.900 bits per heavy atom. The van der Waals surface area contributed by atoms with E-state index < -0.39 is 10.0 Å². The van der Waals surface area contributed by atoms with Crippen LogP contribution in [0.25, 0.3) is 22.0 Å². The molecule has 8 heteroatoms. The fourth-order valence-electron chi connectivity index (χ4n) is 3.09. The Balaban J connectivity index is 1.49. The monoisotopic (exact) mass is 439 g/mol. The van der Waals surface area contributed by atoms with Crippen LogP contribution in [-0.4, -0.2) is 24.7 Å². The largest absolute Gasteiger partial charge is 0.268 e. The first kappa shape index (κ1) is 20.3. The SMILES string of the molecule is O=c1ccc(-c2ccc(Cl)cc2)nn1CCNS(=O)(=O)c1ccc2ccccc2c1. The lowest BCUT2D eigenvalue weighted by Crippen LogP contribution is -2.32. The average Bonchev–Trinajstić information content (AvgIpc) is 2.75. The number of halogens is 1. The number of nitrogens with one attached hydrogen (secondary N) is 1. The van der Waals surface area contributed by atoms with Crippen LogP contribution < -0.4 is 10.3 Å². The second kappa shape index (κ2) is 8.39. The predicted molar refractivity (Wildman–Crippen MR) is 118 cm³/mol. The van der Waals surface area contributed by atoms with Crippen LogP contribution in [-0.2, 0) is 16.6 Å². The molecule has 1 heterocycles. The number of benzene rings is 3. The Bertz CT molecular complexity index is 1370. The minimum absolute atomic E-state index is 0.0339. The molecule has 0 spiro atoms. The van der Waals surface area contributed by atoms with Gasteiger partial charge in [-0.05, 0) is 41.1 Å². The van der Waals surface area contributed by atoms with Crippen LogP contribution in [0.4, 0.5) is 0 Å². The topological polar surface area (TPSA) is 81.1 Å². The number of nitrogens with zero attached hydrogens (tertiary/aromatic N) is 2. The summed E-state index contributed by atoms with van der Waals surface area (Å²) in [6.07, 6.45) is 0. The van der Waals surface area contributed by atoms with Crippen LogP contribution in [0, 0.1) is 0 Å². The van der Waals surface area contributed by atoms with Crippen molar-refractivity contribution >= 4 is 32.4 Å². The van der Waals surface area contributed by atoms with Crippen molar-refractivity contribution in [3.8, 4) is 11.3 Å². The van der Waals surface area contributed by atoms with E-state index in [0.717, 1.165) is 16.3 Å². The molecule has 0 unspecified atom stereocenters. The molecule has 30 heavy (non-hydrogen) atoms. The zero-order chi connectivity index (χ0) is 21.1. The summed E-state index contributed by atoms with van der Waals surface area (Å²) in [5.41, 5.74) is 1.10. The first-order chi connectivity index (χ1) is 14.4. The maximum absolute atomic E-state index is 12.6. The van der Waals surface area contributed by atoms with E-state index in [-0.39, 0.29) is 23.5 Å². The van der Waals surface area contributed by atoms with Crippen molar-refractivity contribution in [1.82, 2.24) is 14.5 Å². The number of aromatic nitrogens is 2. The molecule has 0 bridgehead atoms. The van der Waals surface area contributed by atoms with E-state index in [1.807, 2.05) is 36.4 Å². The lowest BCUT2D eigenvalue weighted by Gasteiger charge is -2.10. The van der Waals surface area contributed by atoms with Gasteiger partial charge in [0.25, 0.3) is 5.56 Å². The van der Waals surface area contributed by atoms with Gasteiger partial charge in [-0.15, -0.1) is 0 Å². The minimum atomic E-state index is -3.71. The fourth-order valence-corrected chi connectivity index (χ4v) is 4.27. The van der Waals surface area contributed by atoms with E-state index in [0.29, 0.717) is 10.7 Å². The van der Waals surface area contributed by atoms with Crippen molar-refractivity contribution in [3.05, 3.63) is 94.2 Å². The maximum Gasteiger partial charge on any atom is 0.266 e. The summed E-state index contributed by atoms with van der Waals surface area (Å²) in [6.45, 7) is 0.138. The first-order valence-electron chi connectivity index (χ1n) is 9.25. The third kappa shape index (κ3) is 4.43. The van der Waals surface area contributed by atoms with Crippen molar-refractivity contribution in [1.29, 1.82) is 0 Å². The summed E-state index contributed by atoms with van der Waals surface area (Å²) >= 11 is 5.91. The second-order valence-electron chi connectivity index (χ2n) is 6.69. The molecule has 0 amide bonds. The molecule has 0 atom stereocenters. The highest BCUT2D eigenvalue weighted by Crippen LogP contribution is 2.19. The number of hydrogen-bond donors (Lipinski definition) is 1. The van der Waals surface area contributed by atoms with Crippen molar-refractivity contribution in [2.75, 3.05) is 6.54 Å². The quantitative estimate of drug-likeness (QED) is 0.496. The molecule has 1 aromatic heterocycles. The molecular formula is C22H18ClN3O3S. The van der Waals surface area contributed by atoms with Gasteiger partial charge in [-0.2, -0.15) is 5.10 Å². The molecule has 0 aliphatic rings. The second-order valence-corrected chi connectivity index (χ2v) is 8.90. The van der Waals surface area contributed by atoms with E-state index >= 15 is 0 Å². The van der Waals surface area contributed by atoms with Gasteiger partial charge in [-0.25, -0.2) is 17.8 Å². The van der Waals surface area contributed by atoms with Gasteiger partial charge in [0.1, 0.15) is 0 Å². The molecule has 152 valence electrons. The Hall–Kier alpha value is -3.00. The van der Waals surface area contributed by atoms with E-state index in [9.17, 15) is 13.2 Å². The van der Waals surface area contributed by atoms with Gasteiger partial charge in [0.2, 0.25) is 10.0 Å². The third-order valence-electron chi connectivity index (χ3n) is 4.65. The molecule has 1 N–H and O–H groups in total. The van der Waals surface area contributed by atoms with Crippen LogP contribution in [0.15, 0.2) is 88.6 Å². The standard InChI is InChI=1S/C22H18ClN3O3S/c23-19-8-5-17(6-9-19)21-11-12-22(27)26(25-21)14-13-24-30(28,29)20-10-7-16-3-1-2-4-18(16)15-20/h1-12,15,24H,13-14H2. The number of fused-ring (bicyclic) bond motifs is 1. The Morgan fingerprint density at radius 3 is 2.40 bits per heavy atom. The third-order valence-corrected chi connectivity index (χ3v) is 6.36. The van der Waals surface area contributed by atoms with Crippen molar-refractivity contribution in [2.45, 2.75) is 11.4 Å². The maximum atomic E-state index is 12.6. The highest BCUT2D eigenvalue weighted by atomic mass is 35.5. The zero-order valence-corrected chi connectivity index (χ0v) is 17.4. The summed E-state index contributed by atoms with van der Waals surface area (Å²) in [4.78, 5) is 12.3. The molecule has 6 nitrogen and oxygen atoms in total. The van der Waals surface area contributed by atoms with Gasteiger partial charge < -0.3 is 0 Å². The molecule has 0 saturated heterocycles. The molecule has 4 aromatic rings. The summed E-state index contributed by atoms with van der Waals surface area (Å²) in [5.74, 6) is 0. The van der Waals surface area contributed by atoms with Crippen LogP contribution in [0.1, 0.15) is 0 Å². The molecule has 0 aliphatic carbocycles. The minimum Gasteiger partial charge on any atom is -0.268 e. The van der Waals surface area contributed by atoms with Crippen molar-refractivity contribution < 1.29 is 8.42 Å². The van der Waals surface area contributed by atoms with E-state index in [2.05, 4.69) is 9.82 Å². The molecule has 0 aliphatic heterocycles. The summed E-state index contributed by atoms with van der Waals surface area (Å²) < 4.78 is 29.1. The van der Waals surface area contributed by atoms with Gasteiger partial charge in [0, 0.05) is 23.2 Å². The highest BCUT2D eigenvalue weighted by Gasteiger charge is 2.14. The van der Waals surface area contributed by atoms with Gasteiger partial charge in [-0.1, -0.05) is 54.1 Å². The first-order valence-corrected chi connectivity index (χ1v) is 11.1. The van der Waals surface area contributed by atoms with Gasteiger partial charge >= 0.3 is 0 Å². The number of sulfonamides is 1. The van der Waals surface area contributed by atoms with Crippen LogP contribution in [0.2, 0.25) is 5.02 Å². The zero-order valence-electron chi connectivity index (χ0n) is 15.8. The Kier molecular flexibility index (Phi) is 5.67. The molecular weight excluding hydrogens is 422 g/mol. The highest BCUT2D eigenvalue weighted by molar-refractivity contribution is 7.89. The molecule has 3 aromatic carbocycles. The van der Waals surface area contributed by atoms with Gasteiger partial charge in [-0.3, -0.25) is 4.79 Å². The molecule has 0 fully saturated rings. The summed E-state index contributed by atoms with van der Waals surface area (Å²) in [6, 6.07) is 22.6.